The second-order valence-electron chi connectivity index (χ2n) is 6.67. The predicted molar refractivity (Wildman–Crippen MR) is 104 cm³/mol. The number of hydrogen-bond acceptors (Lipinski definition) is 6. The highest BCUT2D eigenvalue weighted by atomic mass is 16.5. The van der Waals surface area contributed by atoms with Crippen molar-refractivity contribution in [3.05, 3.63) is 29.2 Å². The Morgan fingerprint density at radius 3 is 2.46 bits per heavy atom. The first-order valence-electron chi connectivity index (χ1n) is 9.48. The maximum absolute atomic E-state index is 12.2. The largest absolute Gasteiger partial charge is 0.477 e. The van der Waals surface area contributed by atoms with Crippen LogP contribution in [0, 0.1) is 0 Å². The lowest BCUT2D eigenvalue weighted by Crippen LogP contribution is -2.48. The zero-order valence-corrected chi connectivity index (χ0v) is 16.4. The van der Waals surface area contributed by atoms with Crippen LogP contribution in [0.3, 0.4) is 0 Å². The van der Waals surface area contributed by atoms with Crippen LogP contribution in [0.15, 0.2) is 12.3 Å². The van der Waals surface area contributed by atoms with Crippen LogP contribution in [0.4, 0.5) is 0 Å². The summed E-state index contributed by atoms with van der Waals surface area (Å²) in [6.07, 6.45) is 2.14. The summed E-state index contributed by atoms with van der Waals surface area (Å²) in [5.41, 5.74) is 13.4. The fourth-order valence-corrected chi connectivity index (χ4v) is 3.66. The van der Waals surface area contributed by atoms with Crippen LogP contribution in [-0.2, 0) is 6.42 Å². The summed E-state index contributed by atoms with van der Waals surface area (Å²) in [7, 11) is 0. The molecular weight excluding hydrogens is 360 g/mol. The SMILES string of the molecule is CCOc1nccc(-c2c(C(N)=O)nn(C3CN(CC)C3)c2CC)c1C(N)=O. The van der Waals surface area contributed by atoms with Gasteiger partial charge in [0.05, 0.1) is 12.6 Å². The molecule has 0 aliphatic carbocycles. The smallest absolute Gasteiger partial charge is 0.269 e. The van der Waals surface area contributed by atoms with E-state index in [0.717, 1.165) is 25.3 Å². The summed E-state index contributed by atoms with van der Waals surface area (Å²) >= 11 is 0. The van der Waals surface area contributed by atoms with Gasteiger partial charge in [-0.3, -0.25) is 19.2 Å². The molecular formula is C19H26N6O3. The zero-order valence-electron chi connectivity index (χ0n) is 16.4. The number of carbonyl (C=O) groups excluding carboxylic acids is 2. The first kappa shape index (κ1) is 19.8. The fraction of sp³-hybridized carbons (Fsp3) is 0.474. The molecule has 0 saturated carbocycles. The molecule has 0 radical (unpaired) electrons. The van der Waals surface area contributed by atoms with Crippen molar-refractivity contribution in [1.82, 2.24) is 19.7 Å². The number of ether oxygens (including phenoxy) is 1. The molecule has 0 aromatic carbocycles. The van der Waals surface area contributed by atoms with E-state index in [1.54, 1.807) is 13.0 Å². The molecule has 0 unspecified atom stereocenters. The van der Waals surface area contributed by atoms with Gasteiger partial charge in [-0.2, -0.15) is 5.10 Å². The van der Waals surface area contributed by atoms with Crippen molar-refractivity contribution in [1.29, 1.82) is 0 Å². The summed E-state index contributed by atoms with van der Waals surface area (Å²) in [6, 6.07) is 1.81. The summed E-state index contributed by atoms with van der Waals surface area (Å²) < 4.78 is 7.36. The molecule has 0 bridgehead atoms. The molecule has 1 fully saturated rings. The Hall–Kier alpha value is -2.94. The molecule has 0 atom stereocenters. The van der Waals surface area contributed by atoms with Crippen LogP contribution in [0.25, 0.3) is 11.1 Å². The molecule has 150 valence electrons. The van der Waals surface area contributed by atoms with E-state index in [0.29, 0.717) is 24.2 Å². The maximum Gasteiger partial charge on any atom is 0.269 e. The van der Waals surface area contributed by atoms with Gasteiger partial charge in [0.25, 0.3) is 11.8 Å². The van der Waals surface area contributed by atoms with E-state index in [1.807, 2.05) is 11.6 Å². The van der Waals surface area contributed by atoms with Gasteiger partial charge in [0.15, 0.2) is 5.69 Å². The number of nitrogens with two attached hydrogens (primary N) is 2. The number of rotatable bonds is 8. The molecule has 28 heavy (non-hydrogen) atoms. The van der Waals surface area contributed by atoms with Crippen molar-refractivity contribution in [2.45, 2.75) is 33.2 Å². The first-order chi connectivity index (χ1) is 13.4. The summed E-state index contributed by atoms with van der Waals surface area (Å²) in [6.45, 7) is 8.87. The minimum absolute atomic E-state index is 0.128. The van der Waals surface area contributed by atoms with E-state index in [9.17, 15) is 9.59 Å². The minimum Gasteiger partial charge on any atom is -0.477 e. The van der Waals surface area contributed by atoms with E-state index < -0.39 is 11.8 Å². The highest BCUT2D eigenvalue weighted by Crippen LogP contribution is 2.36. The molecule has 3 heterocycles. The number of amides is 2. The average molecular weight is 386 g/mol. The molecule has 3 rings (SSSR count). The van der Waals surface area contributed by atoms with Gasteiger partial charge >= 0.3 is 0 Å². The predicted octanol–water partition coefficient (Wildman–Crippen LogP) is 0.981. The third-order valence-electron chi connectivity index (χ3n) is 5.02. The number of hydrogen-bond donors (Lipinski definition) is 2. The van der Waals surface area contributed by atoms with E-state index in [2.05, 4.69) is 21.9 Å². The number of carbonyl (C=O) groups is 2. The Morgan fingerprint density at radius 2 is 1.93 bits per heavy atom. The van der Waals surface area contributed by atoms with Crippen molar-refractivity contribution in [3.63, 3.8) is 0 Å². The van der Waals surface area contributed by atoms with Crippen LogP contribution in [0.2, 0.25) is 0 Å². The molecule has 1 saturated heterocycles. The van der Waals surface area contributed by atoms with Crippen molar-refractivity contribution in [2.75, 3.05) is 26.2 Å². The average Bonchev–Trinajstić information content (AvgIpc) is 3.00. The van der Waals surface area contributed by atoms with E-state index in [-0.39, 0.29) is 23.2 Å². The monoisotopic (exact) mass is 386 g/mol. The maximum atomic E-state index is 12.2. The van der Waals surface area contributed by atoms with Crippen LogP contribution < -0.4 is 16.2 Å². The van der Waals surface area contributed by atoms with Crippen molar-refractivity contribution in [2.24, 2.45) is 11.5 Å². The van der Waals surface area contributed by atoms with E-state index in [1.165, 1.54) is 6.20 Å². The van der Waals surface area contributed by atoms with Gasteiger partial charge in [0.1, 0.15) is 5.56 Å². The number of primary amides is 2. The summed E-state index contributed by atoms with van der Waals surface area (Å²) in [4.78, 5) is 30.8. The lowest BCUT2D eigenvalue weighted by molar-refractivity contribution is 0.0967. The van der Waals surface area contributed by atoms with Crippen LogP contribution in [0.1, 0.15) is 53.4 Å². The third kappa shape index (κ3) is 3.33. The van der Waals surface area contributed by atoms with Gasteiger partial charge in [-0.05, 0) is 26.0 Å². The lowest BCUT2D eigenvalue weighted by atomic mass is 9.96. The molecule has 1 aliphatic rings. The number of aromatic nitrogens is 3. The van der Waals surface area contributed by atoms with Gasteiger partial charge in [0.2, 0.25) is 5.88 Å². The van der Waals surface area contributed by atoms with Crippen molar-refractivity contribution >= 4 is 11.8 Å². The normalized spacial score (nSPS) is 14.7. The number of likely N-dealkylation sites (N-methyl/N-ethyl adjacent to an activating group) is 1. The molecule has 2 aromatic heterocycles. The first-order valence-corrected chi connectivity index (χ1v) is 9.48. The minimum atomic E-state index is -0.683. The highest BCUT2D eigenvalue weighted by Gasteiger charge is 2.33. The summed E-state index contributed by atoms with van der Waals surface area (Å²) in [5.74, 6) is -1.20. The van der Waals surface area contributed by atoms with Gasteiger partial charge in [-0.25, -0.2) is 4.98 Å². The molecule has 0 spiro atoms. The van der Waals surface area contributed by atoms with Crippen LogP contribution in [0.5, 0.6) is 5.88 Å². The zero-order chi connectivity index (χ0) is 20.4. The number of pyridine rings is 1. The van der Waals surface area contributed by atoms with Gasteiger partial charge < -0.3 is 16.2 Å². The Balaban J connectivity index is 2.22. The molecule has 9 heteroatoms. The molecule has 4 N–H and O–H groups in total. The Morgan fingerprint density at radius 1 is 1.21 bits per heavy atom. The second kappa shape index (κ2) is 7.97. The third-order valence-corrected chi connectivity index (χ3v) is 5.02. The van der Waals surface area contributed by atoms with Crippen molar-refractivity contribution < 1.29 is 14.3 Å². The van der Waals surface area contributed by atoms with Gasteiger partial charge in [0, 0.05) is 36.1 Å². The molecule has 1 aliphatic heterocycles. The lowest BCUT2D eigenvalue weighted by Gasteiger charge is -2.39. The molecule has 2 aromatic rings. The highest BCUT2D eigenvalue weighted by molar-refractivity contribution is 6.06. The van der Waals surface area contributed by atoms with Crippen LogP contribution in [-0.4, -0.2) is 57.7 Å². The van der Waals surface area contributed by atoms with Crippen molar-refractivity contribution in [3.8, 4) is 17.0 Å². The second-order valence-corrected chi connectivity index (χ2v) is 6.67. The Kier molecular flexibility index (Phi) is 5.64. The Bertz CT molecular complexity index is 901. The molecule has 9 nitrogen and oxygen atoms in total. The fourth-order valence-electron chi connectivity index (χ4n) is 3.66. The van der Waals surface area contributed by atoms with Crippen LogP contribution >= 0.6 is 0 Å². The van der Waals surface area contributed by atoms with E-state index in [4.69, 9.17) is 16.2 Å². The topological polar surface area (TPSA) is 129 Å². The van der Waals surface area contributed by atoms with E-state index >= 15 is 0 Å². The Labute approximate surface area is 163 Å². The van der Waals surface area contributed by atoms with Gasteiger partial charge in [-0.15, -0.1) is 0 Å². The molecule has 2 amide bonds. The standard InChI is InChI=1S/C19H26N6O3/c1-4-13-14(12-7-8-22-19(28-6-3)15(12)17(20)26)16(18(21)27)23-25(13)11-9-24(5-2)10-11/h7-8,11H,4-6,9-10H2,1-3H3,(H2,20,26)(H2,21,27). The quantitative estimate of drug-likeness (QED) is 0.696. The number of nitrogens with zero attached hydrogens (tertiary/aromatic N) is 4. The number of likely N-dealkylation sites (tertiary alicyclic amines) is 1. The summed E-state index contributed by atoms with van der Waals surface area (Å²) in [5, 5.41) is 4.53. The van der Waals surface area contributed by atoms with Gasteiger partial charge in [-0.1, -0.05) is 13.8 Å².